The molecule has 158 valence electrons. The SMILES string of the molecule is Cl.O=C(c1n[nH]c2c1CNC2)N1CCC(c2ccc(F)c(F)c2C(F)(F)F)CC1. The second-order valence-corrected chi connectivity index (χ2v) is 7.02. The highest BCUT2D eigenvalue weighted by atomic mass is 35.5. The van der Waals surface area contributed by atoms with Crippen molar-refractivity contribution in [2.24, 2.45) is 0 Å². The molecule has 0 radical (unpaired) electrons. The third-order valence-corrected chi connectivity index (χ3v) is 5.39. The summed E-state index contributed by atoms with van der Waals surface area (Å²) in [7, 11) is 0. The van der Waals surface area contributed by atoms with E-state index in [9.17, 15) is 26.7 Å². The number of piperidine rings is 1. The van der Waals surface area contributed by atoms with Crippen LogP contribution in [0.25, 0.3) is 0 Å². The number of aromatic amines is 1. The minimum Gasteiger partial charge on any atom is -0.337 e. The van der Waals surface area contributed by atoms with Crippen molar-refractivity contribution in [3.63, 3.8) is 0 Å². The Balaban J connectivity index is 0.00000240. The summed E-state index contributed by atoms with van der Waals surface area (Å²) in [5.74, 6) is -4.28. The average Bonchev–Trinajstić information content (AvgIpc) is 3.26. The molecule has 2 aliphatic rings. The largest absolute Gasteiger partial charge is 0.419 e. The minimum absolute atomic E-state index is 0. The molecule has 2 aromatic rings. The van der Waals surface area contributed by atoms with Gasteiger partial charge in [0.2, 0.25) is 0 Å². The highest BCUT2D eigenvalue weighted by Gasteiger charge is 2.40. The molecule has 1 aromatic carbocycles. The third kappa shape index (κ3) is 3.83. The average molecular weight is 437 g/mol. The summed E-state index contributed by atoms with van der Waals surface area (Å²) in [6, 6.07) is 1.72. The number of H-pyrrole nitrogens is 1. The van der Waals surface area contributed by atoms with Crippen LogP contribution in [0.1, 0.15) is 51.6 Å². The van der Waals surface area contributed by atoms with Crippen molar-refractivity contribution in [3.05, 3.63) is 51.8 Å². The Labute approximate surface area is 169 Å². The van der Waals surface area contributed by atoms with Gasteiger partial charge in [-0.3, -0.25) is 9.89 Å². The number of fused-ring (bicyclic) bond motifs is 1. The summed E-state index contributed by atoms with van der Waals surface area (Å²) in [5, 5.41) is 9.99. The van der Waals surface area contributed by atoms with E-state index in [4.69, 9.17) is 0 Å². The number of hydrogen-bond donors (Lipinski definition) is 2. The Morgan fingerprint density at radius 2 is 1.83 bits per heavy atom. The van der Waals surface area contributed by atoms with Crippen LogP contribution in [0, 0.1) is 11.6 Å². The molecule has 3 heterocycles. The zero-order chi connectivity index (χ0) is 20.1. The monoisotopic (exact) mass is 436 g/mol. The van der Waals surface area contributed by atoms with Gasteiger partial charge >= 0.3 is 6.18 Å². The molecular weight excluding hydrogens is 419 g/mol. The lowest BCUT2D eigenvalue weighted by Crippen LogP contribution is -2.39. The van der Waals surface area contributed by atoms with E-state index in [1.165, 1.54) is 0 Å². The quantitative estimate of drug-likeness (QED) is 0.705. The van der Waals surface area contributed by atoms with E-state index in [1.807, 2.05) is 0 Å². The molecule has 11 heteroatoms. The van der Waals surface area contributed by atoms with E-state index in [0.29, 0.717) is 18.8 Å². The number of alkyl halides is 3. The molecule has 0 saturated carbocycles. The number of nitrogens with zero attached hydrogens (tertiary/aromatic N) is 2. The number of rotatable bonds is 2. The standard InChI is InChI=1S/C18H17F5N4O.ClH/c19-12-2-1-10(14(15(12)20)18(21,22)23)9-3-5-27(6-4-9)17(28)16-11-7-24-8-13(11)25-26-16;/h1-2,9,24H,3-8H2,(H,25,26);1H. The fraction of sp³-hybridized carbons (Fsp3) is 0.444. The molecular formula is C18H18ClF5N4O. The highest BCUT2D eigenvalue weighted by molar-refractivity contribution is 5.94. The van der Waals surface area contributed by atoms with E-state index in [1.54, 1.807) is 4.90 Å². The van der Waals surface area contributed by atoms with Gasteiger partial charge in [-0.05, 0) is 30.4 Å². The minimum atomic E-state index is -4.99. The lowest BCUT2D eigenvalue weighted by Gasteiger charge is -2.33. The third-order valence-electron chi connectivity index (χ3n) is 5.39. The summed E-state index contributed by atoms with van der Waals surface area (Å²) in [4.78, 5) is 14.3. The van der Waals surface area contributed by atoms with Gasteiger partial charge in [-0.1, -0.05) is 6.07 Å². The molecule has 0 spiro atoms. The molecule has 1 fully saturated rings. The first-order valence-electron chi connectivity index (χ1n) is 8.88. The lowest BCUT2D eigenvalue weighted by molar-refractivity contribution is -0.141. The van der Waals surface area contributed by atoms with Crippen molar-refractivity contribution in [2.45, 2.75) is 38.0 Å². The molecule has 5 nitrogen and oxygen atoms in total. The first-order chi connectivity index (χ1) is 13.3. The Morgan fingerprint density at radius 1 is 1.14 bits per heavy atom. The highest BCUT2D eigenvalue weighted by Crippen LogP contribution is 2.41. The number of aromatic nitrogens is 2. The van der Waals surface area contributed by atoms with Crippen LogP contribution in [0.4, 0.5) is 22.0 Å². The van der Waals surface area contributed by atoms with Gasteiger partial charge in [-0.15, -0.1) is 12.4 Å². The van der Waals surface area contributed by atoms with E-state index in [-0.39, 0.29) is 49.8 Å². The van der Waals surface area contributed by atoms with E-state index in [2.05, 4.69) is 15.5 Å². The number of amides is 1. The molecule has 1 aromatic heterocycles. The normalized spacial score (nSPS) is 17.2. The predicted octanol–water partition coefficient (Wildman–Crippen LogP) is 3.75. The maximum Gasteiger partial charge on any atom is 0.419 e. The van der Waals surface area contributed by atoms with Gasteiger partial charge in [0.15, 0.2) is 17.3 Å². The molecule has 1 saturated heterocycles. The van der Waals surface area contributed by atoms with Gasteiger partial charge < -0.3 is 10.2 Å². The topological polar surface area (TPSA) is 61.0 Å². The number of carbonyl (C=O) groups is 1. The summed E-state index contributed by atoms with van der Waals surface area (Å²) in [6.45, 7) is 1.57. The van der Waals surface area contributed by atoms with E-state index >= 15 is 0 Å². The number of halogens is 6. The smallest absolute Gasteiger partial charge is 0.337 e. The van der Waals surface area contributed by atoms with Crippen molar-refractivity contribution < 1.29 is 26.7 Å². The van der Waals surface area contributed by atoms with Gasteiger partial charge in [0.05, 0.1) is 11.3 Å². The van der Waals surface area contributed by atoms with Gasteiger partial charge in [0, 0.05) is 31.7 Å². The van der Waals surface area contributed by atoms with Crippen LogP contribution in [-0.4, -0.2) is 34.1 Å². The van der Waals surface area contributed by atoms with Crippen LogP contribution in [0.15, 0.2) is 12.1 Å². The molecule has 0 aliphatic carbocycles. The van der Waals surface area contributed by atoms with Crippen LogP contribution in [-0.2, 0) is 19.3 Å². The number of likely N-dealkylation sites (tertiary alicyclic amines) is 1. The fourth-order valence-corrected chi connectivity index (χ4v) is 3.96. The van der Waals surface area contributed by atoms with Gasteiger partial charge in [0.25, 0.3) is 5.91 Å². The van der Waals surface area contributed by atoms with Crippen LogP contribution in [0.2, 0.25) is 0 Å². The first kappa shape index (κ1) is 21.5. The summed E-state index contributed by atoms with van der Waals surface area (Å²) in [6.07, 6.45) is -4.54. The summed E-state index contributed by atoms with van der Waals surface area (Å²) >= 11 is 0. The van der Waals surface area contributed by atoms with Crippen LogP contribution >= 0.6 is 12.4 Å². The predicted molar refractivity (Wildman–Crippen MR) is 95.6 cm³/mol. The molecule has 0 atom stereocenters. The van der Waals surface area contributed by atoms with Crippen LogP contribution in [0.3, 0.4) is 0 Å². The molecule has 29 heavy (non-hydrogen) atoms. The van der Waals surface area contributed by atoms with Gasteiger partial charge in [-0.25, -0.2) is 8.78 Å². The second-order valence-electron chi connectivity index (χ2n) is 7.02. The van der Waals surface area contributed by atoms with Crippen molar-refractivity contribution in [3.8, 4) is 0 Å². The number of carbonyl (C=O) groups excluding carboxylic acids is 1. The summed E-state index contributed by atoms with van der Waals surface area (Å²) < 4.78 is 67.0. The second kappa shape index (κ2) is 7.91. The van der Waals surface area contributed by atoms with E-state index < -0.39 is 29.3 Å². The zero-order valence-corrected chi connectivity index (χ0v) is 15.9. The zero-order valence-electron chi connectivity index (χ0n) is 15.1. The molecule has 4 rings (SSSR count). The van der Waals surface area contributed by atoms with Gasteiger partial charge in [0.1, 0.15) is 0 Å². The maximum atomic E-state index is 13.9. The molecule has 0 unspecified atom stereocenters. The molecule has 1 amide bonds. The van der Waals surface area contributed by atoms with Crippen LogP contribution < -0.4 is 5.32 Å². The Hall–Kier alpha value is -2.20. The lowest BCUT2D eigenvalue weighted by atomic mass is 9.86. The number of nitrogens with one attached hydrogen (secondary N) is 2. The number of hydrogen-bond acceptors (Lipinski definition) is 3. The van der Waals surface area contributed by atoms with Crippen LogP contribution in [0.5, 0.6) is 0 Å². The summed E-state index contributed by atoms with van der Waals surface area (Å²) in [5.41, 5.74) is 0.181. The van der Waals surface area contributed by atoms with E-state index in [0.717, 1.165) is 23.4 Å². The fourth-order valence-electron chi connectivity index (χ4n) is 3.96. The number of benzene rings is 1. The maximum absolute atomic E-state index is 13.9. The molecule has 2 aliphatic heterocycles. The van der Waals surface area contributed by atoms with Crippen molar-refractivity contribution in [1.82, 2.24) is 20.4 Å². The molecule has 2 N–H and O–H groups in total. The first-order valence-corrected chi connectivity index (χ1v) is 8.88. The Morgan fingerprint density at radius 3 is 2.48 bits per heavy atom. The van der Waals surface area contributed by atoms with Crippen molar-refractivity contribution >= 4 is 18.3 Å². The van der Waals surface area contributed by atoms with Crippen molar-refractivity contribution in [2.75, 3.05) is 13.1 Å². The van der Waals surface area contributed by atoms with Gasteiger partial charge in [-0.2, -0.15) is 18.3 Å². The Kier molecular flexibility index (Phi) is 5.86. The Bertz CT molecular complexity index is 922. The molecule has 0 bridgehead atoms. The van der Waals surface area contributed by atoms with Crippen molar-refractivity contribution in [1.29, 1.82) is 0 Å².